The van der Waals surface area contributed by atoms with Crippen molar-refractivity contribution >= 4 is 6.09 Å². The number of carbonyl (C=O) groups is 1. The first kappa shape index (κ1) is 33.0. The van der Waals surface area contributed by atoms with Crippen molar-refractivity contribution in [1.29, 1.82) is 0 Å². The van der Waals surface area contributed by atoms with Gasteiger partial charge in [0.15, 0.2) is 11.6 Å². The molecule has 1 heterocycles. The largest absolute Gasteiger partial charge is 0.505 e. The van der Waals surface area contributed by atoms with E-state index in [1.807, 2.05) is 0 Å². The number of phenols is 1. The van der Waals surface area contributed by atoms with Gasteiger partial charge in [-0.25, -0.2) is 18.4 Å². The Bertz CT molecular complexity index is 1840. The first-order chi connectivity index (χ1) is 21.0. The zero-order valence-electron chi connectivity index (χ0n) is 24.7. The summed E-state index contributed by atoms with van der Waals surface area (Å²) in [6.07, 6.45) is -5.88. The van der Waals surface area contributed by atoms with Gasteiger partial charge >= 0.3 is 18.0 Å². The van der Waals surface area contributed by atoms with Crippen LogP contribution in [0.15, 0.2) is 76.3 Å². The summed E-state index contributed by atoms with van der Waals surface area (Å²) in [5, 5.41) is 12.6. The van der Waals surface area contributed by atoms with Crippen molar-refractivity contribution in [3.63, 3.8) is 0 Å². The van der Waals surface area contributed by atoms with Crippen molar-refractivity contribution in [3.8, 4) is 16.9 Å². The summed E-state index contributed by atoms with van der Waals surface area (Å²) < 4.78 is 78.5. The van der Waals surface area contributed by atoms with Gasteiger partial charge in [0, 0.05) is 16.8 Å². The van der Waals surface area contributed by atoms with Crippen LogP contribution in [-0.4, -0.2) is 25.9 Å². The van der Waals surface area contributed by atoms with Crippen molar-refractivity contribution in [2.75, 3.05) is 0 Å². The molecular formula is C32H30F5N3O5. The molecule has 0 spiro atoms. The quantitative estimate of drug-likeness (QED) is 0.233. The molecule has 1 aromatic heterocycles. The van der Waals surface area contributed by atoms with E-state index in [2.05, 4.69) is 5.32 Å². The standard InChI is InChI=1S/C32H30F5N3O5/c1-18-26(20-12-8-15-25(41)27(20)34)28(42)40(17-24(19-10-6-5-7-11-19)38-29(43)45-31(2,3)4)30(44)39(18)16-21-22(32(35,36)37)13-9-14-23(21)33/h5-15,24,41H,16-17H2,1-4H3,(H,38,43)/t24-/m0/s1. The number of aromatic nitrogens is 2. The van der Waals surface area contributed by atoms with Crippen LogP contribution in [0.5, 0.6) is 5.75 Å². The minimum atomic E-state index is -4.99. The molecule has 0 aliphatic rings. The number of rotatable bonds is 7. The number of nitrogens with zero attached hydrogens (tertiary/aromatic N) is 2. The normalized spacial score (nSPS) is 12.6. The topological polar surface area (TPSA) is 103 Å². The minimum absolute atomic E-state index is 0.279. The van der Waals surface area contributed by atoms with E-state index in [9.17, 15) is 37.1 Å². The van der Waals surface area contributed by atoms with Gasteiger partial charge in [0.1, 0.15) is 11.4 Å². The molecule has 0 radical (unpaired) electrons. The molecule has 2 N–H and O–H groups in total. The summed E-state index contributed by atoms with van der Waals surface area (Å²) in [5.74, 6) is -3.30. The van der Waals surface area contributed by atoms with E-state index in [0.717, 1.165) is 28.8 Å². The lowest BCUT2D eigenvalue weighted by molar-refractivity contribution is -0.138. The number of ether oxygens (including phenoxy) is 1. The first-order valence-electron chi connectivity index (χ1n) is 13.7. The molecule has 0 fully saturated rings. The number of alkyl carbamates (subject to hydrolysis) is 1. The number of phenolic OH excluding ortho intramolecular Hbond substituents is 1. The highest BCUT2D eigenvalue weighted by atomic mass is 19.4. The maximum atomic E-state index is 15.2. The number of hydrogen-bond acceptors (Lipinski definition) is 5. The third-order valence-electron chi connectivity index (χ3n) is 6.93. The Morgan fingerprint density at radius 2 is 1.58 bits per heavy atom. The average Bonchev–Trinajstić information content (AvgIpc) is 2.94. The second-order valence-electron chi connectivity index (χ2n) is 11.3. The Balaban J connectivity index is 1.98. The fourth-order valence-corrected chi connectivity index (χ4v) is 4.87. The molecule has 0 saturated carbocycles. The molecule has 0 bridgehead atoms. The van der Waals surface area contributed by atoms with E-state index in [-0.39, 0.29) is 5.69 Å². The number of amides is 1. The lowest BCUT2D eigenvalue weighted by atomic mass is 10.0. The molecule has 1 atom stereocenters. The van der Waals surface area contributed by atoms with Crippen LogP contribution in [0.3, 0.4) is 0 Å². The van der Waals surface area contributed by atoms with Gasteiger partial charge in [0.05, 0.1) is 30.3 Å². The molecule has 4 aromatic rings. The summed E-state index contributed by atoms with van der Waals surface area (Å²) in [4.78, 5) is 40.7. The molecule has 1 amide bonds. The second-order valence-corrected chi connectivity index (χ2v) is 11.3. The van der Waals surface area contributed by atoms with Crippen molar-refractivity contribution in [1.82, 2.24) is 14.5 Å². The van der Waals surface area contributed by atoms with E-state index in [1.54, 1.807) is 51.1 Å². The van der Waals surface area contributed by atoms with Crippen molar-refractivity contribution in [2.24, 2.45) is 0 Å². The van der Waals surface area contributed by atoms with Gasteiger partial charge in [-0.1, -0.05) is 48.5 Å². The van der Waals surface area contributed by atoms with E-state index in [4.69, 9.17) is 4.74 Å². The predicted molar refractivity (Wildman–Crippen MR) is 156 cm³/mol. The fourth-order valence-electron chi connectivity index (χ4n) is 4.87. The molecule has 8 nitrogen and oxygen atoms in total. The Morgan fingerprint density at radius 1 is 0.933 bits per heavy atom. The summed E-state index contributed by atoms with van der Waals surface area (Å²) in [5.41, 5.74) is -6.09. The number of nitrogens with one attached hydrogen (secondary N) is 1. The van der Waals surface area contributed by atoms with Gasteiger partial charge < -0.3 is 15.2 Å². The highest BCUT2D eigenvalue weighted by Crippen LogP contribution is 2.34. The van der Waals surface area contributed by atoms with Gasteiger partial charge in [-0.15, -0.1) is 0 Å². The highest BCUT2D eigenvalue weighted by Gasteiger charge is 2.35. The van der Waals surface area contributed by atoms with Gasteiger partial charge in [-0.2, -0.15) is 13.2 Å². The van der Waals surface area contributed by atoms with Gasteiger partial charge in [0.2, 0.25) is 0 Å². The maximum absolute atomic E-state index is 15.2. The molecule has 0 unspecified atom stereocenters. The van der Waals surface area contributed by atoms with Crippen molar-refractivity contribution in [3.05, 3.63) is 122 Å². The maximum Gasteiger partial charge on any atom is 0.416 e. The second kappa shape index (κ2) is 12.6. The average molecular weight is 632 g/mol. The Hall–Kier alpha value is -4.94. The molecule has 3 aromatic carbocycles. The molecule has 13 heteroatoms. The molecule has 0 aliphatic heterocycles. The smallest absolute Gasteiger partial charge is 0.416 e. The summed E-state index contributed by atoms with van der Waals surface area (Å²) >= 11 is 0. The van der Waals surface area contributed by atoms with Crippen LogP contribution in [0.25, 0.3) is 11.1 Å². The third-order valence-corrected chi connectivity index (χ3v) is 6.93. The Morgan fingerprint density at radius 3 is 2.20 bits per heavy atom. The number of halogens is 5. The fraction of sp³-hybridized carbons (Fsp3) is 0.281. The van der Waals surface area contributed by atoms with Crippen molar-refractivity contribution in [2.45, 2.75) is 58.6 Å². The van der Waals surface area contributed by atoms with Crippen LogP contribution < -0.4 is 16.6 Å². The SMILES string of the molecule is Cc1c(-c2cccc(O)c2F)c(=O)n(C[C@H](NC(=O)OC(C)(C)C)c2ccccc2)c(=O)n1Cc1c(F)cccc1C(F)(F)F. The van der Waals surface area contributed by atoms with E-state index >= 15 is 4.39 Å². The minimum Gasteiger partial charge on any atom is -0.505 e. The van der Waals surface area contributed by atoms with Crippen LogP contribution in [0.2, 0.25) is 0 Å². The summed E-state index contributed by atoms with van der Waals surface area (Å²) in [6.45, 7) is 4.53. The van der Waals surface area contributed by atoms with Gasteiger partial charge in [-0.05, 0) is 51.5 Å². The van der Waals surface area contributed by atoms with E-state index in [0.29, 0.717) is 16.2 Å². The lowest BCUT2D eigenvalue weighted by Crippen LogP contribution is -2.46. The monoisotopic (exact) mass is 631 g/mol. The predicted octanol–water partition coefficient (Wildman–Crippen LogP) is 6.30. The molecule has 0 aliphatic carbocycles. The Kier molecular flexibility index (Phi) is 9.22. The van der Waals surface area contributed by atoms with Crippen LogP contribution in [0.4, 0.5) is 26.7 Å². The molecule has 238 valence electrons. The van der Waals surface area contributed by atoms with Crippen molar-refractivity contribution < 1.29 is 36.6 Å². The van der Waals surface area contributed by atoms with E-state index < -0.39 is 87.9 Å². The lowest BCUT2D eigenvalue weighted by Gasteiger charge is -2.25. The summed E-state index contributed by atoms with van der Waals surface area (Å²) in [7, 11) is 0. The molecule has 45 heavy (non-hydrogen) atoms. The third kappa shape index (κ3) is 7.24. The number of hydrogen-bond donors (Lipinski definition) is 2. The highest BCUT2D eigenvalue weighted by molar-refractivity contribution is 5.69. The van der Waals surface area contributed by atoms with Crippen LogP contribution in [-0.2, 0) is 24.0 Å². The molecular weight excluding hydrogens is 601 g/mol. The van der Waals surface area contributed by atoms with Gasteiger partial charge in [0.25, 0.3) is 5.56 Å². The number of carbonyl (C=O) groups excluding carboxylic acids is 1. The number of alkyl halides is 3. The first-order valence-corrected chi connectivity index (χ1v) is 13.7. The van der Waals surface area contributed by atoms with Crippen LogP contribution in [0.1, 0.15) is 49.2 Å². The Labute approximate surface area is 254 Å². The summed E-state index contributed by atoms with van der Waals surface area (Å²) in [6, 6.07) is 12.8. The van der Waals surface area contributed by atoms with Gasteiger partial charge in [-0.3, -0.25) is 13.9 Å². The number of benzene rings is 3. The van der Waals surface area contributed by atoms with Crippen LogP contribution in [0, 0.1) is 18.6 Å². The zero-order valence-corrected chi connectivity index (χ0v) is 24.7. The molecule has 4 rings (SSSR count). The van der Waals surface area contributed by atoms with Crippen LogP contribution >= 0.6 is 0 Å². The zero-order chi connectivity index (χ0) is 33.3. The molecule has 0 saturated heterocycles. The van der Waals surface area contributed by atoms with E-state index in [1.165, 1.54) is 13.0 Å². The number of aromatic hydroxyl groups is 1.